The lowest BCUT2D eigenvalue weighted by atomic mass is 10.2. The lowest BCUT2D eigenvalue weighted by Gasteiger charge is -2.28. The molecule has 0 atom stereocenters. The number of urea groups is 1. The third-order valence-corrected chi connectivity index (χ3v) is 3.75. The highest BCUT2D eigenvalue weighted by molar-refractivity contribution is 6.04. The number of amides is 3. The molecule has 124 valence electrons. The van der Waals surface area contributed by atoms with Gasteiger partial charge in [0.25, 0.3) is 5.91 Å². The van der Waals surface area contributed by atoms with E-state index >= 15 is 0 Å². The maximum Gasteiger partial charge on any atom is 0.321 e. The molecule has 1 aromatic carbocycles. The first-order valence-corrected chi connectivity index (χ1v) is 7.63. The van der Waals surface area contributed by atoms with Crippen molar-refractivity contribution >= 4 is 23.3 Å². The number of rotatable bonds is 3. The summed E-state index contributed by atoms with van der Waals surface area (Å²) in [5.41, 5.74) is 1.77. The van der Waals surface area contributed by atoms with Gasteiger partial charge < -0.3 is 10.6 Å². The van der Waals surface area contributed by atoms with E-state index in [9.17, 15) is 14.0 Å². The van der Waals surface area contributed by atoms with Crippen LogP contribution < -0.4 is 15.5 Å². The molecule has 0 spiro atoms. The van der Waals surface area contributed by atoms with E-state index in [-0.39, 0.29) is 17.6 Å². The zero-order valence-corrected chi connectivity index (χ0v) is 13.2. The summed E-state index contributed by atoms with van der Waals surface area (Å²) in [6.07, 6.45) is 2.21. The molecule has 2 aromatic rings. The number of halogens is 1. The molecule has 2 heterocycles. The lowest BCUT2D eigenvalue weighted by molar-refractivity contribution is 0.102. The summed E-state index contributed by atoms with van der Waals surface area (Å²) in [5.74, 6) is -0.856. The van der Waals surface area contributed by atoms with Crippen LogP contribution in [0.25, 0.3) is 0 Å². The average Bonchev–Trinajstić information content (AvgIpc) is 2.58. The molecule has 1 saturated heterocycles. The number of anilines is 2. The van der Waals surface area contributed by atoms with Crippen LogP contribution >= 0.6 is 0 Å². The van der Waals surface area contributed by atoms with Gasteiger partial charge >= 0.3 is 6.03 Å². The smallest absolute Gasteiger partial charge is 0.321 e. The Morgan fingerprint density at radius 1 is 1.33 bits per heavy atom. The van der Waals surface area contributed by atoms with Crippen LogP contribution in [0.5, 0.6) is 0 Å². The number of pyridine rings is 1. The first-order chi connectivity index (χ1) is 11.5. The first-order valence-electron chi connectivity index (χ1n) is 7.63. The molecule has 3 rings (SSSR count). The summed E-state index contributed by atoms with van der Waals surface area (Å²) in [7, 11) is 0. The fourth-order valence-electron chi connectivity index (χ4n) is 2.46. The third kappa shape index (κ3) is 3.34. The van der Waals surface area contributed by atoms with Crippen molar-refractivity contribution in [3.8, 4) is 0 Å². The minimum atomic E-state index is -0.512. The van der Waals surface area contributed by atoms with E-state index in [1.165, 1.54) is 29.3 Å². The maximum absolute atomic E-state index is 14.1. The van der Waals surface area contributed by atoms with Crippen molar-refractivity contribution in [2.45, 2.75) is 13.3 Å². The van der Waals surface area contributed by atoms with E-state index in [0.717, 1.165) is 12.1 Å². The van der Waals surface area contributed by atoms with Gasteiger partial charge in [-0.2, -0.15) is 0 Å². The van der Waals surface area contributed by atoms with Crippen molar-refractivity contribution in [3.05, 3.63) is 53.6 Å². The zero-order valence-electron chi connectivity index (χ0n) is 13.2. The molecule has 1 aromatic heterocycles. The maximum atomic E-state index is 14.1. The van der Waals surface area contributed by atoms with Crippen molar-refractivity contribution in [3.63, 3.8) is 0 Å². The third-order valence-electron chi connectivity index (χ3n) is 3.75. The minimum absolute atomic E-state index is 0.145. The summed E-state index contributed by atoms with van der Waals surface area (Å²) in [4.78, 5) is 29.5. The Bertz CT molecular complexity index is 777. The van der Waals surface area contributed by atoms with Crippen LogP contribution in [-0.2, 0) is 0 Å². The molecule has 24 heavy (non-hydrogen) atoms. The second-order valence-corrected chi connectivity index (χ2v) is 5.55. The van der Waals surface area contributed by atoms with E-state index in [1.807, 2.05) is 6.92 Å². The van der Waals surface area contributed by atoms with Crippen molar-refractivity contribution in [2.24, 2.45) is 0 Å². The molecule has 7 heteroatoms. The Morgan fingerprint density at radius 2 is 2.17 bits per heavy atom. The zero-order chi connectivity index (χ0) is 17.1. The molecule has 0 unspecified atom stereocenters. The number of hydrogen-bond donors (Lipinski definition) is 2. The van der Waals surface area contributed by atoms with Crippen LogP contribution in [0.1, 0.15) is 22.5 Å². The van der Waals surface area contributed by atoms with Crippen LogP contribution in [0.3, 0.4) is 0 Å². The van der Waals surface area contributed by atoms with Gasteiger partial charge in [0.1, 0.15) is 5.82 Å². The van der Waals surface area contributed by atoms with Gasteiger partial charge in [0.15, 0.2) is 0 Å². The Balaban J connectivity index is 1.81. The van der Waals surface area contributed by atoms with Crippen LogP contribution in [-0.4, -0.2) is 30.0 Å². The van der Waals surface area contributed by atoms with E-state index in [4.69, 9.17) is 0 Å². The highest BCUT2D eigenvalue weighted by atomic mass is 19.1. The van der Waals surface area contributed by atoms with Crippen LogP contribution in [0.4, 0.5) is 20.6 Å². The van der Waals surface area contributed by atoms with Crippen LogP contribution in [0, 0.1) is 12.7 Å². The van der Waals surface area contributed by atoms with Gasteiger partial charge in [-0.05, 0) is 43.7 Å². The van der Waals surface area contributed by atoms with Gasteiger partial charge in [-0.15, -0.1) is 0 Å². The molecule has 0 saturated carbocycles. The number of aryl methyl sites for hydroxylation is 1. The van der Waals surface area contributed by atoms with Gasteiger partial charge in [0, 0.05) is 30.7 Å². The Labute approximate surface area is 138 Å². The number of nitrogens with one attached hydrogen (secondary N) is 2. The van der Waals surface area contributed by atoms with Crippen LogP contribution in [0.2, 0.25) is 0 Å². The Kier molecular flexibility index (Phi) is 4.41. The predicted octanol–water partition coefficient (Wildman–Crippen LogP) is 2.70. The van der Waals surface area contributed by atoms with E-state index in [1.54, 1.807) is 12.1 Å². The van der Waals surface area contributed by atoms with Gasteiger partial charge in [-0.3, -0.25) is 14.7 Å². The molecular formula is C17H17FN4O2. The fourth-order valence-corrected chi connectivity index (χ4v) is 2.46. The Hall–Kier alpha value is -2.96. The highest BCUT2D eigenvalue weighted by Gasteiger charge is 2.22. The van der Waals surface area contributed by atoms with E-state index in [0.29, 0.717) is 24.3 Å². The molecular weight excluding hydrogens is 311 g/mol. The van der Waals surface area contributed by atoms with Gasteiger partial charge in [0.2, 0.25) is 0 Å². The SMILES string of the molecule is Cc1ccc(C(=O)Nc2ccc(F)c(N3CCCNC3=O)c2)cn1. The van der Waals surface area contributed by atoms with E-state index < -0.39 is 5.82 Å². The molecule has 3 amide bonds. The van der Waals surface area contributed by atoms with Crippen molar-refractivity contribution in [1.29, 1.82) is 0 Å². The second-order valence-electron chi connectivity index (χ2n) is 5.55. The topological polar surface area (TPSA) is 74.3 Å². The quantitative estimate of drug-likeness (QED) is 0.910. The minimum Gasteiger partial charge on any atom is -0.338 e. The van der Waals surface area contributed by atoms with Gasteiger partial charge in [-0.25, -0.2) is 9.18 Å². The molecule has 1 aliphatic heterocycles. The normalized spacial score (nSPS) is 14.2. The lowest BCUT2D eigenvalue weighted by Crippen LogP contribution is -2.46. The first kappa shape index (κ1) is 15.9. The molecule has 0 radical (unpaired) electrons. The monoisotopic (exact) mass is 328 g/mol. The highest BCUT2D eigenvalue weighted by Crippen LogP contribution is 2.25. The van der Waals surface area contributed by atoms with Crippen molar-refractivity contribution in [1.82, 2.24) is 10.3 Å². The van der Waals surface area contributed by atoms with Crippen LogP contribution in [0.15, 0.2) is 36.5 Å². The summed E-state index contributed by atoms with van der Waals surface area (Å²) >= 11 is 0. The number of nitrogens with zero attached hydrogens (tertiary/aromatic N) is 2. The number of hydrogen-bond acceptors (Lipinski definition) is 3. The van der Waals surface area contributed by atoms with E-state index in [2.05, 4.69) is 15.6 Å². The molecule has 1 fully saturated rings. The second kappa shape index (κ2) is 6.66. The molecule has 6 nitrogen and oxygen atoms in total. The largest absolute Gasteiger partial charge is 0.338 e. The number of benzene rings is 1. The van der Waals surface area contributed by atoms with Crippen molar-refractivity contribution in [2.75, 3.05) is 23.3 Å². The summed E-state index contributed by atoms with van der Waals surface area (Å²) in [6, 6.07) is 7.22. The number of aromatic nitrogens is 1. The fraction of sp³-hybridized carbons (Fsp3) is 0.235. The molecule has 0 aliphatic carbocycles. The molecule has 1 aliphatic rings. The summed E-state index contributed by atoms with van der Waals surface area (Å²) in [5, 5.41) is 5.37. The standard InChI is InChI=1S/C17H17FN4O2/c1-11-3-4-12(10-20-11)16(23)21-13-5-6-14(18)15(9-13)22-8-2-7-19-17(22)24/h3-6,9-10H,2,7-8H2,1H3,(H,19,24)(H,21,23). The average molecular weight is 328 g/mol. The molecule has 0 bridgehead atoms. The number of carbonyl (C=O) groups is 2. The predicted molar refractivity (Wildman–Crippen MR) is 88.7 cm³/mol. The number of carbonyl (C=O) groups excluding carboxylic acids is 2. The summed E-state index contributed by atoms with van der Waals surface area (Å²) < 4.78 is 14.1. The molecule has 2 N–H and O–H groups in total. The Morgan fingerprint density at radius 3 is 2.88 bits per heavy atom. The van der Waals surface area contributed by atoms with Gasteiger partial charge in [-0.1, -0.05) is 0 Å². The summed E-state index contributed by atoms with van der Waals surface area (Å²) in [6.45, 7) is 2.84. The van der Waals surface area contributed by atoms with Gasteiger partial charge in [0.05, 0.1) is 11.3 Å². The van der Waals surface area contributed by atoms with Crippen molar-refractivity contribution < 1.29 is 14.0 Å².